The molecule has 11 aromatic rings. The summed E-state index contributed by atoms with van der Waals surface area (Å²) in [6.07, 6.45) is 0. The predicted molar refractivity (Wildman–Crippen MR) is 206 cm³/mol. The van der Waals surface area contributed by atoms with Crippen molar-refractivity contribution in [3.8, 4) is 44.9 Å². The summed E-state index contributed by atoms with van der Waals surface area (Å²) in [4.78, 5) is 10.5. The van der Waals surface area contributed by atoms with Crippen molar-refractivity contribution >= 4 is 65.9 Å². The lowest BCUT2D eigenvalue weighted by Crippen LogP contribution is -1.94. The van der Waals surface area contributed by atoms with E-state index in [1.165, 1.54) is 0 Å². The van der Waals surface area contributed by atoms with Crippen molar-refractivity contribution in [3.63, 3.8) is 0 Å². The smallest absolute Gasteiger partial charge is 0.180 e. The lowest BCUT2D eigenvalue weighted by molar-refractivity contribution is 0.667. The Morgan fingerprint density at radius 3 is 1.73 bits per heavy atom. The first-order valence-electron chi connectivity index (χ1n) is 17.0. The molecule has 238 valence electrons. The van der Waals surface area contributed by atoms with Crippen molar-refractivity contribution in [3.05, 3.63) is 158 Å². The fraction of sp³-hybridized carbons (Fsp3) is 0. The van der Waals surface area contributed by atoms with Crippen molar-refractivity contribution in [2.75, 3.05) is 0 Å². The summed E-state index contributed by atoms with van der Waals surface area (Å²) in [7, 11) is 0. The van der Waals surface area contributed by atoms with E-state index in [1.54, 1.807) is 0 Å². The van der Waals surface area contributed by atoms with Gasteiger partial charge in [0.1, 0.15) is 39.1 Å². The Bertz CT molecular complexity index is 3130. The van der Waals surface area contributed by atoms with E-state index in [2.05, 4.69) is 97.1 Å². The molecule has 4 aromatic heterocycles. The van der Waals surface area contributed by atoms with Gasteiger partial charge in [-0.3, -0.25) is 0 Å². The highest BCUT2D eigenvalue weighted by atomic mass is 16.3. The number of benzene rings is 7. The molecule has 0 radical (unpaired) electrons. The molecule has 0 saturated heterocycles. The molecule has 0 spiro atoms. The minimum absolute atomic E-state index is 0.607. The summed E-state index contributed by atoms with van der Waals surface area (Å²) in [6, 6.07) is 53.8. The number of nitrogens with zero attached hydrogens (tertiary/aromatic N) is 2. The Labute approximate surface area is 291 Å². The minimum Gasteiger partial charge on any atom is -0.456 e. The third-order valence-corrected chi connectivity index (χ3v) is 9.92. The predicted octanol–water partition coefficient (Wildman–Crippen LogP) is 12.8. The summed E-state index contributed by atoms with van der Waals surface area (Å²) in [5.41, 5.74) is 12.5. The molecule has 51 heavy (non-hydrogen) atoms. The van der Waals surface area contributed by atoms with Crippen LogP contribution in [0.15, 0.2) is 171 Å². The van der Waals surface area contributed by atoms with Gasteiger partial charge in [-0.1, -0.05) is 115 Å². The van der Waals surface area contributed by atoms with Crippen LogP contribution in [0.2, 0.25) is 0 Å². The van der Waals surface area contributed by atoms with Gasteiger partial charge in [-0.05, 0) is 64.7 Å². The average molecular weight is 655 g/mol. The number of furan rings is 3. The fourth-order valence-electron chi connectivity index (χ4n) is 7.56. The van der Waals surface area contributed by atoms with Crippen LogP contribution in [-0.4, -0.2) is 9.97 Å². The van der Waals surface area contributed by atoms with Gasteiger partial charge in [0.05, 0.1) is 0 Å². The second kappa shape index (κ2) is 10.8. The number of fused-ring (bicyclic) bond motifs is 9. The summed E-state index contributed by atoms with van der Waals surface area (Å²) in [6.45, 7) is 0. The molecule has 0 amide bonds. The van der Waals surface area contributed by atoms with Gasteiger partial charge in [-0.2, -0.15) is 0 Å². The zero-order chi connectivity index (χ0) is 33.5. The van der Waals surface area contributed by atoms with Crippen molar-refractivity contribution in [1.29, 1.82) is 0 Å². The van der Waals surface area contributed by atoms with E-state index in [1.807, 2.05) is 60.7 Å². The highest BCUT2D eigenvalue weighted by Gasteiger charge is 2.22. The fourth-order valence-corrected chi connectivity index (χ4v) is 7.56. The molecule has 4 heterocycles. The Hall–Kier alpha value is -6.98. The molecule has 5 nitrogen and oxygen atoms in total. The summed E-state index contributed by atoms with van der Waals surface area (Å²) in [5, 5.41) is 5.10. The van der Waals surface area contributed by atoms with Crippen LogP contribution in [0.25, 0.3) is 111 Å². The van der Waals surface area contributed by atoms with Gasteiger partial charge in [0, 0.05) is 38.1 Å². The molecule has 0 aliphatic heterocycles. The molecule has 0 fully saturated rings. The van der Waals surface area contributed by atoms with Crippen LogP contribution in [0.3, 0.4) is 0 Å². The average Bonchev–Trinajstić information content (AvgIpc) is 3.89. The second-order valence-corrected chi connectivity index (χ2v) is 12.9. The van der Waals surface area contributed by atoms with Crippen molar-refractivity contribution in [1.82, 2.24) is 9.97 Å². The second-order valence-electron chi connectivity index (χ2n) is 12.9. The quantitative estimate of drug-likeness (QED) is 0.189. The number of rotatable bonds is 4. The SMILES string of the molecule is c1ccc(-c2ccc3oc4c(-c5ccccc5)nc(-c5cccc6oc7ccc(-c8cccc9oc%10ccccc%10c89)cc7c56)nc4c3c2)cc1. The van der Waals surface area contributed by atoms with Gasteiger partial charge in [-0.15, -0.1) is 0 Å². The molecular weight excluding hydrogens is 629 g/mol. The van der Waals surface area contributed by atoms with Crippen LogP contribution in [0.5, 0.6) is 0 Å². The topological polar surface area (TPSA) is 65.2 Å². The Morgan fingerprint density at radius 1 is 0.353 bits per heavy atom. The molecule has 5 heteroatoms. The van der Waals surface area contributed by atoms with Gasteiger partial charge in [0.15, 0.2) is 11.4 Å². The van der Waals surface area contributed by atoms with E-state index >= 15 is 0 Å². The Balaban J connectivity index is 1.17. The molecule has 0 unspecified atom stereocenters. The van der Waals surface area contributed by atoms with Gasteiger partial charge in [0.25, 0.3) is 0 Å². The van der Waals surface area contributed by atoms with Gasteiger partial charge in [-0.25, -0.2) is 9.97 Å². The standard InChI is InChI=1S/C46H26N2O3/c1-3-11-27(12-4-1)29-21-23-38-35(25-29)44-45(51-38)43(28-13-5-2-6-14-28)47-46(48-44)33-17-10-20-40-42(33)34-26-30(22-24-37(34)50-40)31-16-9-19-39-41(31)32-15-7-8-18-36(32)49-39/h1-26H. The van der Waals surface area contributed by atoms with Crippen LogP contribution in [-0.2, 0) is 0 Å². The van der Waals surface area contributed by atoms with Crippen molar-refractivity contribution in [2.45, 2.75) is 0 Å². The number of aromatic nitrogens is 2. The zero-order valence-corrected chi connectivity index (χ0v) is 27.1. The van der Waals surface area contributed by atoms with E-state index in [4.69, 9.17) is 23.2 Å². The molecule has 0 bridgehead atoms. The summed E-state index contributed by atoms with van der Waals surface area (Å²) >= 11 is 0. The largest absolute Gasteiger partial charge is 0.456 e. The van der Waals surface area contributed by atoms with Crippen LogP contribution >= 0.6 is 0 Å². The maximum absolute atomic E-state index is 6.53. The molecule has 0 aliphatic carbocycles. The number of hydrogen-bond donors (Lipinski definition) is 0. The molecule has 0 atom stereocenters. The van der Waals surface area contributed by atoms with Crippen molar-refractivity contribution in [2.24, 2.45) is 0 Å². The molecule has 0 saturated carbocycles. The zero-order valence-electron chi connectivity index (χ0n) is 27.1. The van der Waals surface area contributed by atoms with Crippen molar-refractivity contribution < 1.29 is 13.3 Å². The highest BCUT2D eigenvalue weighted by Crippen LogP contribution is 2.43. The van der Waals surface area contributed by atoms with Crippen LogP contribution in [0.1, 0.15) is 0 Å². The Morgan fingerprint density at radius 2 is 0.941 bits per heavy atom. The summed E-state index contributed by atoms with van der Waals surface area (Å²) in [5.74, 6) is 0.607. The van der Waals surface area contributed by atoms with Gasteiger partial charge in [0.2, 0.25) is 0 Å². The van der Waals surface area contributed by atoms with Crippen LogP contribution in [0.4, 0.5) is 0 Å². The van der Waals surface area contributed by atoms with Gasteiger partial charge < -0.3 is 13.3 Å². The number of hydrogen-bond acceptors (Lipinski definition) is 5. The highest BCUT2D eigenvalue weighted by molar-refractivity contribution is 6.16. The maximum atomic E-state index is 6.53. The third-order valence-electron chi connectivity index (χ3n) is 9.92. The first kappa shape index (κ1) is 27.9. The van der Waals surface area contributed by atoms with E-state index < -0.39 is 0 Å². The molecule has 0 N–H and O–H groups in total. The number of para-hydroxylation sites is 1. The summed E-state index contributed by atoms with van der Waals surface area (Å²) < 4.78 is 19.2. The molecule has 7 aromatic carbocycles. The molecular formula is C46H26N2O3. The minimum atomic E-state index is 0.607. The first-order valence-corrected chi connectivity index (χ1v) is 17.0. The normalized spacial score (nSPS) is 11.9. The van der Waals surface area contributed by atoms with E-state index in [0.29, 0.717) is 11.4 Å². The maximum Gasteiger partial charge on any atom is 0.180 e. The van der Waals surface area contributed by atoms with E-state index in [-0.39, 0.29) is 0 Å². The van der Waals surface area contributed by atoms with Crippen LogP contribution < -0.4 is 0 Å². The van der Waals surface area contributed by atoms with E-state index in [0.717, 1.165) is 99.4 Å². The van der Waals surface area contributed by atoms with E-state index in [9.17, 15) is 0 Å². The first-order chi connectivity index (χ1) is 25.3. The lowest BCUT2D eigenvalue weighted by atomic mass is 9.97. The monoisotopic (exact) mass is 654 g/mol. The van der Waals surface area contributed by atoms with Crippen LogP contribution in [0, 0.1) is 0 Å². The Kier molecular flexibility index (Phi) is 5.89. The molecule has 0 aliphatic rings. The molecule has 11 rings (SSSR count). The third kappa shape index (κ3) is 4.28. The van der Waals surface area contributed by atoms with Gasteiger partial charge >= 0.3 is 0 Å². The lowest BCUT2D eigenvalue weighted by Gasteiger charge is -2.08.